The van der Waals surface area contributed by atoms with Crippen LogP contribution in [0.4, 0.5) is 11.4 Å². The van der Waals surface area contributed by atoms with Crippen molar-refractivity contribution in [2.45, 2.75) is 32.6 Å². The van der Waals surface area contributed by atoms with Crippen molar-refractivity contribution in [1.29, 1.82) is 0 Å². The van der Waals surface area contributed by atoms with E-state index >= 15 is 0 Å². The molecule has 34 heavy (non-hydrogen) atoms. The highest BCUT2D eigenvalue weighted by Gasteiger charge is 2.50. The lowest BCUT2D eigenvalue weighted by Gasteiger charge is -2.25. The molecular weight excluding hydrogens is 500 g/mol. The van der Waals surface area contributed by atoms with Crippen molar-refractivity contribution in [2.24, 2.45) is 23.7 Å². The molecule has 1 saturated carbocycles. The molecule has 1 aliphatic carbocycles. The lowest BCUT2D eigenvalue weighted by molar-refractivity contribution is -0.139. The Bertz CT molecular complexity index is 1150. The van der Waals surface area contributed by atoms with E-state index in [1.807, 2.05) is 24.3 Å². The van der Waals surface area contributed by atoms with E-state index in [0.717, 1.165) is 29.4 Å². The summed E-state index contributed by atoms with van der Waals surface area (Å²) in [6.45, 7) is 2.38. The summed E-state index contributed by atoms with van der Waals surface area (Å²) in [5.41, 5.74) is 1.23. The highest BCUT2D eigenvalue weighted by molar-refractivity contribution is 9.10. The number of benzene rings is 2. The normalized spacial score (nSPS) is 26.7. The van der Waals surface area contributed by atoms with Crippen molar-refractivity contribution in [1.82, 2.24) is 0 Å². The molecule has 3 aliphatic rings. The zero-order valence-corrected chi connectivity index (χ0v) is 20.4. The molecule has 5 rings (SSSR count). The topological polar surface area (TPSA) is 84.0 Å². The molecule has 0 N–H and O–H groups in total. The Morgan fingerprint density at radius 1 is 0.912 bits per heavy atom. The summed E-state index contributed by atoms with van der Waals surface area (Å²) < 4.78 is 6.43. The largest absolute Gasteiger partial charge is 0.426 e. The Hall–Kier alpha value is -3.00. The van der Waals surface area contributed by atoms with Gasteiger partial charge < -0.3 is 9.64 Å². The number of esters is 1. The number of nitrogens with zero attached hydrogens (tertiary/aromatic N) is 2. The number of fused-ring (bicyclic) bond motifs is 1. The maximum atomic E-state index is 12.9. The van der Waals surface area contributed by atoms with Gasteiger partial charge in [0.2, 0.25) is 17.7 Å². The molecule has 0 unspecified atom stereocenters. The minimum Gasteiger partial charge on any atom is -0.426 e. The van der Waals surface area contributed by atoms with Gasteiger partial charge in [-0.25, -0.2) is 0 Å². The molecule has 2 aromatic carbocycles. The van der Waals surface area contributed by atoms with Crippen molar-refractivity contribution in [3.05, 3.63) is 53.0 Å². The van der Waals surface area contributed by atoms with Gasteiger partial charge in [0.15, 0.2) is 0 Å². The van der Waals surface area contributed by atoms with Crippen LogP contribution in [0.25, 0.3) is 0 Å². The minimum atomic E-state index is -0.567. The third kappa shape index (κ3) is 4.15. The second kappa shape index (κ2) is 8.98. The number of hydrogen-bond acceptors (Lipinski definition) is 5. The fourth-order valence-corrected chi connectivity index (χ4v) is 5.51. The minimum absolute atomic E-state index is 0.0883. The number of rotatable bonds is 4. The summed E-state index contributed by atoms with van der Waals surface area (Å²) >= 11 is 3.37. The van der Waals surface area contributed by atoms with E-state index in [1.165, 1.54) is 4.90 Å². The van der Waals surface area contributed by atoms with Gasteiger partial charge in [0.25, 0.3) is 0 Å². The maximum absolute atomic E-state index is 12.9. The number of ether oxygens (including phenoxy) is 1. The highest BCUT2D eigenvalue weighted by atomic mass is 79.9. The van der Waals surface area contributed by atoms with Crippen LogP contribution in [-0.2, 0) is 19.2 Å². The fraction of sp³-hybridized carbons (Fsp3) is 0.385. The van der Waals surface area contributed by atoms with Crippen LogP contribution in [0.5, 0.6) is 5.75 Å². The van der Waals surface area contributed by atoms with E-state index in [-0.39, 0.29) is 42.5 Å². The van der Waals surface area contributed by atoms with Crippen LogP contribution in [0.2, 0.25) is 0 Å². The molecular formula is C26H25BrN2O5. The second-order valence-electron chi connectivity index (χ2n) is 9.44. The molecule has 0 aromatic heterocycles. The standard InChI is InChI=1S/C26H25BrN2O5/c1-15-2-11-21-22(12-15)25(32)29(24(21)31)19-7-9-20(10-8-19)34-26(33)16-13-23(30)28(14-16)18-5-3-17(27)4-6-18/h3-10,15-16,21-22H,2,11-14H2,1H3/t15-,16+,21+,22+/m1/s1. The summed E-state index contributed by atoms with van der Waals surface area (Å²) in [5, 5.41) is 0. The molecule has 0 spiro atoms. The third-order valence-corrected chi connectivity index (χ3v) is 7.63. The Morgan fingerprint density at radius 2 is 1.56 bits per heavy atom. The van der Waals surface area contributed by atoms with Gasteiger partial charge in [-0.2, -0.15) is 0 Å². The molecule has 2 aliphatic heterocycles. The van der Waals surface area contributed by atoms with E-state index in [0.29, 0.717) is 17.4 Å². The third-order valence-electron chi connectivity index (χ3n) is 7.10. The van der Waals surface area contributed by atoms with Gasteiger partial charge >= 0.3 is 5.97 Å². The van der Waals surface area contributed by atoms with Crippen LogP contribution >= 0.6 is 15.9 Å². The number of hydrogen-bond donors (Lipinski definition) is 0. The average molecular weight is 525 g/mol. The molecule has 0 radical (unpaired) electrons. The second-order valence-corrected chi connectivity index (χ2v) is 10.4. The van der Waals surface area contributed by atoms with Gasteiger partial charge in [-0.1, -0.05) is 22.9 Å². The van der Waals surface area contributed by atoms with Crippen LogP contribution in [0.15, 0.2) is 53.0 Å². The molecule has 3 fully saturated rings. The molecule has 4 atom stereocenters. The van der Waals surface area contributed by atoms with Gasteiger partial charge in [-0.05, 0) is 73.7 Å². The predicted molar refractivity (Wildman–Crippen MR) is 129 cm³/mol. The van der Waals surface area contributed by atoms with Gasteiger partial charge in [0, 0.05) is 23.1 Å². The van der Waals surface area contributed by atoms with Crippen molar-refractivity contribution in [3.63, 3.8) is 0 Å². The predicted octanol–water partition coefficient (Wildman–Crippen LogP) is 4.33. The van der Waals surface area contributed by atoms with Crippen LogP contribution in [0.3, 0.4) is 0 Å². The molecule has 0 bridgehead atoms. The molecule has 8 heteroatoms. The zero-order valence-electron chi connectivity index (χ0n) is 18.8. The quantitative estimate of drug-likeness (QED) is 0.337. The smallest absolute Gasteiger partial charge is 0.316 e. The number of carbonyl (C=O) groups is 4. The Morgan fingerprint density at radius 3 is 2.26 bits per heavy atom. The number of carbonyl (C=O) groups excluding carboxylic acids is 4. The zero-order chi connectivity index (χ0) is 24.0. The monoisotopic (exact) mass is 524 g/mol. The molecule has 2 aromatic rings. The van der Waals surface area contributed by atoms with Crippen LogP contribution < -0.4 is 14.5 Å². The van der Waals surface area contributed by atoms with Crippen molar-refractivity contribution in [3.8, 4) is 5.75 Å². The maximum Gasteiger partial charge on any atom is 0.316 e. The van der Waals surface area contributed by atoms with Gasteiger partial charge in [0.1, 0.15) is 5.75 Å². The Kier molecular flexibility index (Phi) is 6.02. The van der Waals surface area contributed by atoms with Crippen LogP contribution in [0.1, 0.15) is 32.6 Å². The number of imide groups is 1. The summed E-state index contributed by atoms with van der Waals surface area (Å²) in [6, 6.07) is 13.8. The van der Waals surface area contributed by atoms with Crippen molar-refractivity contribution >= 4 is 51.0 Å². The van der Waals surface area contributed by atoms with Gasteiger partial charge in [-0.15, -0.1) is 0 Å². The Labute approximate surface area is 206 Å². The summed E-state index contributed by atoms with van der Waals surface area (Å²) in [4.78, 5) is 53.8. The molecule has 176 valence electrons. The van der Waals surface area contributed by atoms with Crippen molar-refractivity contribution in [2.75, 3.05) is 16.3 Å². The van der Waals surface area contributed by atoms with E-state index in [1.54, 1.807) is 29.2 Å². The van der Waals surface area contributed by atoms with E-state index in [2.05, 4.69) is 22.9 Å². The average Bonchev–Trinajstić information content (AvgIpc) is 3.32. The van der Waals surface area contributed by atoms with E-state index in [4.69, 9.17) is 4.74 Å². The first-order chi connectivity index (χ1) is 16.3. The van der Waals surface area contributed by atoms with Gasteiger partial charge in [-0.3, -0.25) is 24.1 Å². The van der Waals surface area contributed by atoms with E-state index < -0.39 is 11.9 Å². The van der Waals surface area contributed by atoms with Gasteiger partial charge in [0.05, 0.1) is 23.4 Å². The molecule has 3 amide bonds. The Balaban J connectivity index is 1.24. The first kappa shape index (κ1) is 22.8. The highest BCUT2D eigenvalue weighted by Crippen LogP contribution is 2.42. The van der Waals surface area contributed by atoms with Crippen LogP contribution in [-0.4, -0.2) is 30.2 Å². The summed E-state index contributed by atoms with van der Waals surface area (Å²) in [7, 11) is 0. The molecule has 2 saturated heterocycles. The van der Waals surface area contributed by atoms with Crippen LogP contribution in [0, 0.1) is 23.7 Å². The SMILES string of the molecule is C[C@@H]1CC[C@@H]2C(=O)N(c3ccc(OC(=O)[C@H]4CC(=O)N(c5ccc(Br)cc5)C4)cc3)C(=O)[C@H]2C1. The lowest BCUT2D eigenvalue weighted by atomic mass is 9.76. The first-order valence-electron chi connectivity index (χ1n) is 11.6. The first-order valence-corrected chi connectivity index (χ1v) is 12.4. The number of amides is 3. The number of anilines is 2. The van der Waals surface area contributed by atoms with E-state index in [9.17, 15) is 19.2 Å². The van der Waals surface area contributed by atoms with Crippen molar-refractivity contribution < 1.29 is 23.9 Å². The number of halogens is 1. The molecule has 2 heterocycles. The molecule has 7 nitrogen and oxygen atoms in total. The summed E-state index contributed by atoms with van der Waals surface area (Å²) in [6.07, 6.45) is 2.55. The summed E-state index contributed by atoms with van der Waals surface area (Å²) in [5.74, 6) is -1.14. The fourth-order valence-electron chi connectivity index (χ4n) is 5.24. The lowest BCUT2D eigenvalue weighted by Crippen LogP contribution is -2.30.